The standard InChI is InChI=1S/C17H11N6/c18-22-17-14(13-2-1-7-19-10-13)3-4-16(21-17)23-9-6-12-5-8-20-11-15(12)23/h1-11H/q+1. The largest absolute Gasteiger partial charge is 0.474 e. The van der Waals surface area contributed by atoms with E-state index in [0.717, 1.165) is 22.0 Å². The fourth-order valence-electron chi connectivity index (χ4n) is 2.57. The number of nitrogens with zero attached hydrogens (tertiary/aromatic N) is 6. The van der Waals surface area contributed by atoms with E-state index in [9.17, 15) is 5.39 Å². The fourth-order valence-corrected chi connectivity index (χ4v) is 2.57. The topological polar surface area (TPSA) is 71.8 Å². The third kappa shape index (κ3) is 2.21. The lowest BCUT2D eigenvalue weighted by Crippen LogP contribution is -1.96. The minimum absolute atomic E-state index is 0.251. The monoisotopic (exact) mass is 299 g/mol. The summed E-state index contributed by atoms with van der Waals surface area (Å²) in [6.45, 7) is 0. The lowest BCUT2D eigenvalue weighted by atomic mass is 10.1. The van der Waals surface area contributed by atoms with Gasteiger partial charge in [0.25, 0.3) is 5.82 Å². The smallest absolute Gasteiger partial charge is 0.279 e. The SMILES string of the molecule is N#[N+]c1nc(-n2ccc3ccncc32)ccc1-c1cccnc1. The van der Waals surface area contributed by atoms with Gasteiger partial charge < -0.3 is 0 Å². The second kappa shape index (κ2) is 5.31. The Labute approximate surface area is 131 Å². The highest BCUT2D eigenvalue weighted by atomic mass is 15.1. The molecule has 0 saturated heterocycles. The van der Waals surface area contributed by atoms with Gasteiger partial charge in [-0.05, 0) is 29.2 Å². The summed E-state index contributed by atoms with van der Waals surface area (Å²) in [6, 6.07) is 11.4. The molecule has 0 bridgehead atoms. The van der Waals surface area contributed by atoms with E-state index in [1.165, 1.54) is 0 Å². The number of fused-ring (bicyclic) bond motifs is 1. The first-order chi connectivity index (χ1) is 11.4. The van der Waals surface area contributed by atoms with Crippen molar-refractivity contribution in [3.8, 4) is 16.9 Å². The van der Waals surface area contributed by atoms with E-state index in [4.69, 9.17) is 0 Å². The maximum atomic E-state index is 9.34. The van der Waals surface area contributed by atoms with Crippen molar-refractivity contribution < 1.29 is 0 Å². The van der Waals surface area contributed by atoms with Gasteiger partial charge in [-0.3, -0.25) is 14.5 Å². The van der Waals surface area contributed by atoms with Gasteiger partial charge in [-0.25, -0.2) is 0 Å². The van der Waals surface area contributed by atoms with Crippen molar-refractivity contribution >= 4 is 16.7 Å². The molecule has 108 valence electrons. The van der Waals surface area contributed by atoms with E-state index in [0.29, 0.717) is 5.82 Å². The summed E-state index contributed by atoms with van der Waals surface area (Å²) in [7, 11) is 0. The molecule has 0 amide bonds. The number of rotatable bonds is 2. The van der Waals surface area contributed by atoms with Crippen LogP contribution in [0, 0.1) is 5.39 Å². The summed E-state index contributed by atoms with van der Waals surface area (Å²) in [4.78, 5) is 16.0. The zero-order valence-electron chi connectivity index (χ0n) is 12.0. The molecule has 0 saturated carbocycles. The second-order valence-corrected chi connectivity index (χ2v) is 5.00. The molecular weight excluding hydrogens is 288 g/mol. The van der Waals surface area contributed by atoms with Crippen LogP contribution in [0.5, 0.6) is 0 Å². The Kier molecular flexibility index (Phi) is 3.03. The van der Waals surface area contributed by atoms with Crippen molar-refractivity contribution in [2.24, 2.45) is 0 Å². The summed E-state index contributed by atoms with van der Waals surface area (Å²) >= 11 is 0. The van der Waals surface area contributed by atoms with Crippen molar-refractivity contribution in [1.82, 2.24) is 19.5 Å². The van der Waals surface area contributed by atoms with Crippen LogP contribution in [0.3, 0.4) is 0 Å². The average Bonchev–Trinajstić information content (AvgIpc) is 3.06. The van der Waals surface area contributed by atoms with Gasteiger partial charge >= 0.3 is 5.82 Å². The van der Waals surface area contributed by atoms with Gasteiger partial charge in [0.15, 0.2) is 0 Å². The number of aromatic nitrogens is 4. The lowest BCUT2D eigenvalue weighted by molar-refractivity contribution is 1.04. The van der Waals surface area contributed by atoms with E-state index in [1.807, 2.05) is 47.2 Å². The Morgan fingerprint density at radius 1 is 0.957 bits per heavy atom. The Balaban J connectivity index is 1.88. The molecule has 4 aromatic heterocycles. The molecule has 4 heterocycles. The molecule has 0 aliphatic rings. The van der Waals surface area contributed by atoms with Crippen LogP contribution in [-0.4, -0.2) is 19.5 Å². The molecule has 4 rings (SSSR count). The molecule has 0 aliphatic carbocycles. The van der Waals surface area contributed by atoms with Crippen molar-refractivity contribution in [3.63, 3.8) is 0 Å². The molecule has 0 radical (unpaired) electrons. The van der Waals surface area contributed by atoms with Crippen molar-refractivity contribution in [2.75, 3.05) is 0 Å². The third-order valence-corrected chi connectivity index (χ3v) is 3.67. The summed E-state index contributed by atoms with van der Waals surface area (Å²) in [5.41, 5.74) is 2.51. The normalized spacial score (nSPS) is 10.6. The van der Waals surface area contributed by atoms with E-state index >= 15 is 0 Å². The second-order valence-electron chi connectivity index (χ2n) is 5.00. The van der Waals surface area contributed by atoms with E-state index in [-0.39, 0.29) is 5.82 Å². The lowest BCUT2D eigenvalue weighted by Gasteiger charge is -2.01. The summed E-state index contributed by atoms with van der Waals surface area (Å²) in [6.07, 6.45) is 8.85. The Morgan fingerprint density at radius 3 is 2.70 bits per heavy atom. The van der Waals surface area contributed by atoms with Crippen LogP contribution in [0.2, 0.25) is 0 Å². The van der Waals surface area contributed by atoms with Gasteiger partial charge in [0.2, 0.25) is 0 Å². The van der Waals surface area contributed by atoms with Crippen LogP contribution in [0.4, 0.5) is 5.82 Å². The Hall–Kier alpha value is -3.59. The van der Waals surface area contributed by atoms with Gasteiger partial charge in [-0.2, -0.15) is 0 Å². The average molecular weight is 299 g/mol. The number of hydrogen-bond donors (Lipinski definition) is 0. The van der Waals surface area contributed by atoms with Crippen LogP contribution in [-0.2, 0) is 0 Å². The maximum Gasteiger partial charge on any atom is 0.474 e. The molecule has 0 atom stereocenters. The summed E-state index contributed by atoms with van der Waals surface area (Å²) in [5.74, 6) is 0.912. The molecule has 0 aromatic carbocycles. The van der Waals surface area contributed by atoms with Crippen LogP contribution in [0.25, 0.3) is 32.8 Å². The predicted octanol–water partition coefficient (Wildman–Crippen LogP) is 3.97. The van der Waals surface area contributed by atoms with Crippen molar-refractivity contribution in [3.05, 3.63) is 72.4 Å². The highest BCUT2D eigenvalue weighted by Gasteiger charge is 2.20. The number of hydrogen-bond acceptors (Lipinski definition) is 4. The quantitative estimate of drug-likeness (QED) is 0.525. The molecule has 0 N–H and O–H groups in total. The van der Waals surface area contributed by atoms with Crippen LogP contribution in [0.1, 0.15) is 0 Å². The number of diazo groups is 1. The maximum absolute atomic E-state index is 9.34. The first kappa shape index (κ1) is 13.1. The molecule has 6 nitrogen and oxygen atoms in total. The first-order valence-corrected chi connectivity index (χ1v) is 7.05. The van der Waals surface area contributed by atoms with E-state index < -0.39 is 0 Å². The molecule has 0 fully saturated rings. The minimum Gasteiger partial charge on any atom is -0.279 e. The molecule has 0 unspecified atom stereocenters. The zero-order valence-corrected chi connectivity index (χ0v) is 12.0. The molecule has 0 spiro atoms. The van der Waals surface area contributed by atoms with Crippen LogP contribution in [0.15, 0.2) is 67.4 Å². The fraction of sp³-hybridized carbons (Fsp3) is 0. The van der Waals surface area contributed by atoms with Crippen LogP contribution >= 0.6 is 0 Å². The third-order valence-electron chi connectivity index (χ3n) is 3.67. The van der Waals surface area contributed by atoms with Gasteiger partial charge in [0.1, 0.15) is 0 Å². The molecule has 4 aromatic rings. The van der Waals surface area contributed by atoms with Gasteiger partial charge in [-0.1, -0.05) is 6.07 Å². The predicted molar refractivity (Wildman–Crippen MR) is 86.8 cm³/mol. The van der Waals surface area contributed by atoms with Crippen LogP contribution < -0.4 is 0 Å². The first-order valence-electron chi connectivity index (χ1n) is 7.05. The van der Waals surface area contributed by atoms with Crippen molar-refractivity contribution in [2.45, 2.75) is 0 Å². The summed E-state index contributed by atoms with van der Waals surface area (Å²) < 4.78 is 1.91. The van der Waals surface area contributed by atoms with Gasteiger partial charge in [0.05, 0.1) is 22.7 Å². The molecular formula is C17H11N6+. The molecule has 23 heavy (non-hydrogen) atoms. The molecule has 0 aliphatic heterocycles. The van der Waals surface area contributed by atoms with Gasteiger partial charge in [-0.15, -0.1) is 0 Å². The minimum atomic E-state index is 0.251. The highest BCUT2D eigenvalue weighted by Crippen LogP contribution is 2.30. The number of pyridine rings is 3. The van der Waals surface area contributed by atoms with E-state index in [1.54, 1.807) is 24.8 Å². The van der Waals surface area contributed by atoms with E-state index in [2.05, 4.69) is 19.9 Å². The molecule has 6 heteroatoms. The Bertz CT molecular complexity index is 1030. The van der Waals surface area contributed by atoms with Gasteiger partial charge in [0, 0.05) is 46.8 Å². The van der Waals surface area contributed by atoms with Crippen molar-refractivity contribution in [1.29, 1.82) is 5.39 Å². The highest BCUT2D eigenvalue weighted by molar-refractivity contribution is 5.81. The Morgan fingerprint density at radius 2 is 1.87 bits per heavy atom. The zero-order chi connectivity index (χ0) is 15.6. The summed E-state index contributed by atoms with van der Waals surface area (Å²) in [5, 5.41) is 10.4.